The Bertz CT molecular complexity index is 1620. The van der Waals surface area contributed by atoms with Crippen LogP contribution in [0.25, 0.3) is 17.1 Å². The quantitative estimate of drug-likeness (QED) is 0.249. The number of rotatable bonds is 8. The third-order valence-corrected chi connectivity index (χ3v) is 8.15. The highest BCUT2D eigenvalue weighted by atomic mass is 32.2. The van der Waals surface area contributed by atoms with Crippen LogP contribution in [0, 0.1) is 24.4 Å². The van der Waals surface area contributed by atoms with Crippen molar-refractivity contribution in [2.75, 3.05) is 25.2 Å². The van der Waals surface area contributed by atoms with Gasteiger partial charge in [0.1, 0.15) is 0 Å². The van der Waals surface area contributed by atoms with E-state index in [1.165, 1.54) is 26.2 Å². The fourth-order valence-corrected chi connectivity index (χ4v) is 5.20. The van der Waals surface area contributed by atoms with Gasteiger partial charge in [0, 0.05) is 25.3 Å². The van der Waals surface area contributed by atoms with Gasteiger partial charge in [-0.15, -0.1) is 10.2 Å². The highest BCUT2D eigenvalue weighted by Gasteiger charge is 2.22. The van der Waals surface area contributed by atoms with Gasteiger partial charge in [0.05, 0.1) is 16.3 Å². The normalized spacial score (nSPS) is 11.7. The molecule has 1 amide bonds. The van der Waals surface area contributed by atoms with E-state index < -0.39 is 39.1 Å². The summed E-state index contributed by atoms with van der Waals surface area (Å²) in [5.74, 6) is -5.15. The summed E-state index contributed by atoms with van der Waals surface area (Å²) in [6.07, 6.45) is 0. The monoisotopic (exact) mass is 561 g/mol. The van der Waals surface area contributed by atoms with Crippen molar-refractivity contribution in [1.29, 1.82) is 0 Å². The molecule has 13 heteroatoms. The first-order valence-corrected chi connectivity index (χ1v) is 13.5. The number of aromatic nitrogens is 3. The Morgan fingerprint density at radius 1 is 1.00 bits per heavy atom. The molecule has 198 valence electrons. The molecule has 0 aliphatic heterocycles. The van der Waals surface area contributed by atoms with Gasteiger partial charge in [-0.25, -0.2) is 25.9 Å². The Morgan fingerprint density at radius 2 is 1.74 bits per heavy atom. The van der Waals surface area contributed by atoms with Gasteiger partial charge in [0.2, 0.25) is 15.9 Å². The first-order chi connectivity index (χ1) is 18.0. The Morgan fingerprint density at radius 3 is 2.45 bits per heavy atom. The predicted molar refractivity (Wildman–Crippen MR) is 138 cm³/mol. The van der Waals surface area contributed by atoms with Gasteiger partial charge < -0.3 is 5.32 Å². The van der Waals surface area contributed by atoms with E-state index in [9.17, 15) is 26.4 Å². The van der Waals surface area contributed by atoms with E-state index in [0.717, 1.165) is 27.7 Å². The number of hydrogen-bond acceptors (Lipinski definition) is 6. The molecule has 0 spiro atoms. The topological polar surface area (TPSA) is 97.2 Å². The number of aryl methyl sites for hydroxylation is 1. The number of hydrogen-bond donors (Lipinski definition) is 1. The molecule has 0 bridgehead atoms. The lowest BCUT2D eigenvalue weighted by Crippen LogP contribution is -2.22. The average molecular weight is 562 g/mol. The van der Waals surface area contributed by atoms with E-state index in [0.29, 0.717) is 28.3 Å². The summed E-state index contributed by atoms with van der Waals surface area (Å²) in [4.78, 5) is 12.6. The zero-order valence-electron chi connectivity index (χ0n) is 20.4. The molecule has 1 aromatic heterocycles. The lowest BCUT2D eigenvalue weighted by Gasteiger charge is -2.14. The Labute approximate surface area is 221 Å². The molecule has 0 fully saturated rings. The molecular formula is C25H22F3N5O3S2. The second kappa shape index (κ2) is 11.0. The fourth-order valence-electron chi connectivity index (χ4n) is 3.50. The highest BCUT2D eigenvalue weighted by Crippen LogP contribution is 2.30. The second-order valence-corrected chi connectivity index (χ2v) is 11.4. The third-order valence-electron chi connectivity index (χ3n) is 5.41. The molecule has 0 aliphatic carbocycles. The second-order valence-electron chi connectivity index (χ2n) is 8.36. The van der Waals surface area contributed by atoms with Gasteiger partial charge in [-0.1, -0.05) is 36.0 Å². The van der Waals surface area contributed by atoms with Crippen LogP contribution in [0.5, 0.6) is 0 Å². The summed E-state index contributed by atoms with van der Waals surface area (Å²) < 4.78 is 68.8. The Hall–Kier alpha value is -3.68. The minimum atomic E-state index is -3.71. The number of anilines is 1. The van der Waals surface area contributed by atoms with Gasteiger partial charge in [-0.2, -0.15) is 0 Å². The molecule has 4 rings (SSSR count). The molecule has 1 N–H and O–H groups in total. The van der Waals surface area contributed by atoms with Crippen LogP contribution in [-0.2, 0) is 14.8 Å². The van der Waals surface area contributed by atoms with Crippen molar-refractivity contribution in [3.8, 4) is 17.1 Å². The van der Waals surface area contributed by atoms with E-state index in [2.05, 4.69) is 15.5 Å². The number of carbonyl (C=O) groups excluding carboxylic acids is 1. The predicted octanol–water partition coefficient (Wildman–Crippen LogP) is 4.64. The molecule has 0 atom stereocenters. The zero-order chi connectivity index (χ0) is 27.6. The van der Waals surface area contributed by atoms with Crippen LogP contribution in [0.2, 0.25) is 0 Å². The van der Waals surface area contributed by atoms with Crippen LogP contribution in [0.4, 0.5) is 18.9 Å². The van der Waals surface area contributed by atoms with E-state index in [4.69, 9.17) is 0 Å². The highest BCUT2D eigenvalue weighted by molar-refractivity contribution is 7.99. The molecule has 38 heavy (non-hydrogen) atoms. The van der Waals surface area contributed by atoms with E-state index >= 15 is 0 Å². The first kappa shape index (κ1) is 27.4. The van der Waals surface area contributed by atoms with Crippen LogP contribution in [0.3, 0.4) is 0 Å². The fraction of sp³-hybridized carbons (Fsp3) is 0.160. The Balaban J connectivity index is 1.68. The lowest BCUT2D eigenvalue weighted by molar-refractivity contribution is -0.113. The van der Waals surface area contributed by atoms with Crippen LogP contribution in [-0.4, -0.2) is 53.2 Å². The van der Waals surface area contributed by atoms with Crippen LogP contribution < -0.4 is 5.32 Å². The number of carbonyl (C=O) groups is 1. The van der Waals surface area contributed by atoms with Gasteiger partial charge >= 0.3 is 0 Å². The molecule has 4 aromatic rings. The molecule has 3 aromatic carbocycles. The standard InChI is InChI=1S/C25H22F3N5O3S2/c1-15-6-4-8-17(12-15)33-24(16-7-5-9-18(13-16)38(35,36)32(2)3)30-31-25(33)37-14-21(34)29-20-11-10-19(26)22(27)23(20)28/h4-13H,14H2,1-3H3,(H,29,34). The molecule has 8 nitrogen and oxygen atoms in total. The van der Waals surface area contributed by atoms with Gasteiger partial charge in [-0.3, -0.25) is 9.36 Å². The maximum absolute atomic E-state index is 14.0. The van der Waals surface area contributed by atoms with Crippen molar-refractivity contribution in [3.05, 3.63) is 83.7 Å². The molecule has 0 saturated heterocycles. The lowest BCUT2D eigenvalue weighted by atomic mass is 10.2. The molecule has 0 saturated carbocycles. The number of sulfonamides is 1. The summed E-state index contributed by atoms with van der Waals surface area (Å²) in [5.41, 5.74) is 1.59. The minimum Gasteiger partial charge on any atom is -0.323 e. The Kier molecular flexibility index (Phi) is 7.90. The van der Waals surface area contributed by atoms with Crippen molar-refractivity contribution in [2.24, 2.45) is 0 Å². The van der Waals surface area contributed by atoms with Crippen LogP contribution in [0.1, 0.15) is 5.56 Å². The molecule has 0 radical (unpaired) electrons. The largest absolute Gasteiger partial charge is 0.323 e. The number of thioether (sulfide) groups is 1. The zero-order valence-corrected chi connectivity index (χ0v) is 22.1. The van der Waals surface area contributed by atoms with Crippen molar-refractivity contribution in [3.63, 3.8) is 0 Å². The van der Waals surface area contributed by atoms with Gasteiger partial charge in [0.25, 0.3) is 0 Å². The van der Waals surface area contributed by atoms with Gasteiger partial charge in [0.15, 0.2) is 28.4 Å². The molecule has 0 unspecified atom stereocenters. The minimum absolute atomic E-state index is 0.0703. The number of nitrogens with zero attached hydrogens (tertiary/aromatic N) is 4. The molecule has 1 heterocycles. The van der Waals surface area contributed by atoms with Crippen molar-refractivity contribution >= 4 is 33.4 Å². The SMILES string of the molecule is Cc1cccc(-n2c(SCC(=O)Nc3ccc(F)c(F)c3F)nnc2-c2cccc(S(=O)(=O)N(C)C)c2)c1. The number of amides is 1. The van der Waals surface area contributed by atoms with E-state index in [1.54, 1.807) is 22.8 Å². The molecule has 0 aliphatic rings. The van der Waals surface area contributed by atoms with E-state index in [-0.39, 0.29) is 10.6 Å². The maximum Gasteiger partial charge on any atom is 0.242 e. The van der Waals surface area contributed by atoms with Gasteiger partial charge in [-0.05, 0) is 48.9 Å². The summed E-state index contributed by atoms with van der Waals surface area (Å²) in [7, 11) is -0.841. The number of nitrogens with one attached hydrogen (secondary N) is 1. The third kappa shape index (κ3) is 5.59. The average Bonchev–Trinajstić information content (AvgIpc) is 3.32. The molecular weight excluding hydrogens is 539 g/mol. The first-order valence-electron chi connectivity index (χ1n) is 11.1. The van der Waals surface area contributed by atoms with Crippen molar-refractivity contribution in [2.45, 2.75) is 17.0 Å². The number of benzene rings is 3. The maximum atomic E-state index is 14.0. The summed E-state index contributed by atoms with van der Waals surface area (Å²) in [6, 6.07) is 15.3. The summed E-state index contributed by atoms with van der Waals surface area (Å²) >= 11 is 0.979. The van der Waals surface area contributed by atoms with E-state index in [1.807, 2.05) is 25.1 Å². The summed E-state index contributed by atoms with van der Waals surface area (Å²) in [5, 5.41) is 11.0. The summed E-state index contributed by atoms with van der Waals surface area (Å²) in [6.45, 7) is 1.90. The van der Waals surface area contributed by atoms with Crippen molar-refractivity contribution < 1.29 is 26.4 Å². The van der Waals surface area contributed by atoms with Crippen LogP contribution in [0.15, 0.2) is 70.7 Å². The smallest absolute Gasteiger partial charge is 0.242 e. The van der Waals surface area contributed by atoms with Crippen LogP contribution >= 0.6 is 11.8 Å². The van der Waals surface area contributed by atoms with Crippen molar-refractivity contribution in [1.82, 2.24) is 19.1 Å². The number of halogens is 3.